The Balaban J connectivity index is 2.87. The highest BCUT2D eigenvalue weighted by Crippen LogP contribution is 2.21. The molecule has 0 aliphatic heterocycles. The van der Waals surface area contributed by atoms with Crippen molar-refractivity contribution in [1.29, 1.82) is 0 Å². The first-order chi connectivity index (χ1) is 8.56. The Labute approximate surface area is 105 Å². The predicted molar refractivity (Wildman–Crippen MR) is 67.2 cm³/mol. The molecule has 4 heteroatoms. The molecular formula is C14H15FO3. The van der Waals surface area contributed by atoms with E-state index in [0.29, 0.717) is 11.3 Å². The van der Waals surface area contributed by atoms with Gasteiger partial charge in [0, 0.05) is 5.56 Å². The van der Waals surface area contributed by atoms with E-state index in [2.05, 4.69) is 6.58 Å². The molecule has 0 saturated carbocycles. The van der Waals surface area contributed by atoms with Crippen molar-refractivity contribution in [3.63, 3.8) is 0 Å². The molecule has 1 N–H and O–H groups in total. The first-order valence-corrected chi connectivity index (χ1v) is 5.47. The van der Waals surface area contributed by atoms with Crippen molar-refractivity contribution in [3.05, 3.63) is 53.9 Å². The molecule has 0 saturated heterocycles. The molecule has 0 aliphatic rings. The van der Waals surface area contributed by atoms with E-state index < -0.39 is 11.8 Å². The van der Waals surface area contributed by atoms with Crippen molar-refractivity contribution >= 4 is 5.97 Å². The molecule has 0 aliphatic carbocycles. The zero-order valence-corrected chi connectivity index (χ0v) is 10.1. The summed E-state index contributed by atoms with van der Waals surface area (Å²) in [5, 5.41) is 8.75. The molecule has 1 rings (SSSR count). The molecule has 0 spiro atoms. The number of carbonyl (C=O) groups is 1. The minimum absolute atomic E-state index is 0.271. The van der Waals surface area contributed by atoms with Gasteiger partial charge in [-0.2, -0.15) is 0 Å². The maximum Gasteiger partial charge on any atom is 0.307 e. The Morgan fingerprint density at radius 2 is 2.28 bits per heavy atom. The maximum atomic E-state index is 13.1. The SMILES string of the molecule is C=C/C(=C\C)COc1ccc(F)cc1CC(=O)O. The Bertz CT molecular complexity index is 478. The van der Waals surface area contributed by atoms with E-state index in [9.17, 15) is 9.18 Å². The normalized spacial score (nSPS) is 11.1. The molecule has 18 heavy (non-hydrogen) atoms. The highest BCUT2D eigenvalue weighted by molar-refractivity contribution is 5.71. The second-order valence-corrected chi connectivity index (χ2v) is 3.68. The lowest BCUT2D eigenvalue weighted by Gasteiger charge is -2.10. The maximum absolute atomic E-state index is 13.1. The van der Waals surface area contributed by atoms with Crippen LogP contribution >= 0.6 is 0 Å². The number of ether oxygens (including phenoxy) is 1. The molecule has 0 aromatic heterocycles. The van der Waals surface area contributed by atoms with Crippen LogP contribution in [0.2, 0.25) is 0 Å². The molecule has 0 radical (unpaired) electrons. The van der Waals surface area contributed by atoms with Gasteiger partial charge in [-0.15, -0.1) is 0 Å². The summed E-state index contributed by atoms with van der Waals surface area (Å²) >= 11 is 0. The standard InChI is InChI=1S/C14H15FO3/c1-3-10(4-2)9-18-13-6-5-12(15)7-11(13)8-14(16)17/h3-7H,1,8-9H2,2H3,(H,16,17)/b10-4+. The second-order valence-electron chi connectivity index (χ2n) is 3.68. The number of halogens is 1. The van der Waals surface area contributed by atoms with Crippen LogP contribution in [0.1, 0.15) is 12.5 Å². The van der Waals surface area contributed by atoms with Gasteiger partial charge in [0.2, 0.25) is 0 Å². The lowest BCUT2D eigenvalue weighted by atomic mass is 10.1. The summed E-state index contributed by atoms with van der Waals surface area (Å²) in [5.74, 6) is -1.13. The van der Waals surface area contributed by atoms with Gasteiger partial charge in [-0.25, -0.2) is 4.39 Å². The fourth-order valence-electron chi connectivity index (χ4n) is 1.41. The van der Waals surface area contributed by atoms with Crippen LogP contribution in [-0.2, 0) is 11.2 Å². The van der Waals surface area contributed by atoms with E-state index >= 15 is 0 Å². The third-order valence-electron chi connectivity index (χ3n) is 2.39. The van der Waals surface area contributed by atoms with Gasteiger partial charge in [0.05, 0.1) is 6.42 Å². The third kappa shape index (κ3) is 4.05. The number of hydrogen-bond acceptors (Lipinski definition) is 2. The van der Waals surface area contributed by atoms with Gasteiger partial charge in [0.1, 0.15) is 18.2 Å². The molecule has 0 unspecified atom stereocenters. The quantitative estimate of drug-likeness (QED) is 0.789. The van der Waals surface area contributed by atoms with E-state index in [0.717, 1.165) is 5.57 Å². The number of carboxylic acids is 1. The number of carboxylic acid groups (broad SMARTS) is 1. The largest absolute Gasteiger partial charge is 0.489 e. The van der Waals surface area contributed by atoms with Gasteiger partial charge < -0.3 is 9.84 Å². The third-order valence-corrected chi connectivity index (χ3v) is 2.39. The van der Waals surface area contributed by atoms with Crippen LogP contribution in [0.4, 0.5) is 4.39 Å². The van der Waals surface area contributed by atoms with Crippen LogP contribution in [0.25, 0.3) is 0 Å². The molecule has 1 aromatic carbocycles. The van der Waals surface area contributed by atoms with Crippen LogP contribution in [0, 0.1) is 5.82 Å². The molecular weight excluding hydrogens is 235 g/mol. The Morgan fingerprint density at radius 1 is 1.56 bits per heavy atom. The molecule has 96 valence electrons. The Hall–Kier alpha value is -2.10. The molecule has 0 bridgehead atoms. The van der Waals surface area contributed by atoms with Crippen LogP contribution < -0.4 is 4.74 Å². The summed E-state index contributed by atoms with van der Waals surface area (Å²) in [5.41, 5.74) is 1.20. The van der Waals surface area contributed by atoms with Crippen molar-refractivity contribution < 1.29 is 19.0 Å². The highest BCUT2D eigenvalue weighted by Gasteiger charge is 2.09. The number of benzene rings is 1. The lowest BCUT2D eigenvalue weighted by molar-refractivity contribution is -0.136. The molecule has 1 aromatic rings. The first kappa shape index (κ1) is 14.0. The van der Waals surface area contributed by atoms with E-state index in [1.54, 1.807) is 6.08 Å². The fourth-order valence-corrected chi connectivity index (χ4v) is 1.41. The molecule has 3 nitrogen and oxygen atoms in total. The van der Waals surface area contributed by atoms with Crippen molar-refractivity contribution in [2.45, 2.75) is 13.3 Å². The van der Waals surface area contributed by atoms with Crippen LogP contribution in [0.5, 0.6) is 5.75 Å². The van der Waals surface area contributed by atoms with Gasteiger partial charge in [0.15, 0.2) is 0 Å². The zero-order valence-electron chi connectivity index (χ0n) is 10.1. The second kappa shape index (κ2) is 6.59. The van der Waals surface area contributed by atoms with Gasteiger partial charge in [0.25, 0.3) is 0 Å². The average Bonchev–Trinajstić information content (AvgIpc) is 2.32. The number of hydrogen-bond donors (Lipinski definition) is 1. The fraction of sp³-hybridized carbons (Fsp3) is 0.214. The van der Waals surface area contributed by atoms with Crippen molar-refractivity contribution in [3.8, 4) is 5.75 Å². The van der Waals surface area contributed by atoms with E-state index in [1.165, 1.54) is 18.2 Å². The van der Waals surface area contributed by atoms with Crippen LogP contribution in [0.3, 0.4) is 0 Å². The average molecular weight is 250 g/mol. The summed E-state index contributed by atoms with van der Waals surface area (Å²) in [7, 11) is 0. The molecule has 0 heterocycles. The van der Waals surface area contributed by atoms with Crippen molar-refractivity contribution in [2.75, 3.05) is 6.61 Å². The van der Waals surface area contributed by atoms with Gasteiger partial charge in [-0.1, -0.05) is 18.7 Å². The number of rotatable bonds is 6. The summed E-state index contributed by atoms with van der Waals surface area (Å²) in [4.78, 5) is 10.7. The lowest BCUT2D eigenvalue weighted by Crippen LogP contribution is -2.06. The summed E-state index contributed by atoms with van der Waals surface area (Å²) in [6.07, 6.45) is 3.22. The van der Waals surface area contributed by atoms with Gasteiger partial charge >= 0.3 is 5.97 Å². The predicted octanol–water partition coefficient (Wildman–Crippen LogP) is 2.96. The summed E-state index contributed by atoms with van der Waals surface area (Å²) < 4.78 is 18.5. The van der Waals surface area contributed by atoms with E-state index in [-0.39, 0.29) is 13.0 Å². The minimum Gasteiger partial charge on any atom is -0.489 e. The summed E-state index contributed by atoms with van der Waals surface area (Å²) in [6, 6.07) is 3.85. The van der Waals surface area contributed by atoms with Crippen LogP contribution in [0.15, 0.2) is 42.5 Å². The number of allylic oxidation sites excluding steroid dienone is 1. The first-order valence-electron chi connectivity index (χ1n) is 5.47. The van der Waals surface area contributed by atoms with Crippen molar-refractivity contribution in [1.82, 2.24) is 0 Å². The Morgan fingerprint density at radius 3 is 2.83 bits per heavy atom. The molecule has 0 amide bonds. The molecule has 0 atom stereocenters. The summed E-state index contributed by atoms with van der Waals surface area (Å²) in [6.45, 7) is 5.75. The smallest absolute Gasteiger partial charge is 0.307 e. The van der Waals surface area contributed by atoms with Crippen molar-refractivity contribution in [2.24, 2.45) is 0 Å². The zero-order chi connectivity index (χ0) is 13.5. The molecule has 0 fully saturated rings. The number of aliphatic carboxylic acids is 1. The van der Waals surface area contributed by atoms with E-state index in [4.69, 9.17) is 9.84 Å². The highest BCUT2D eigenvalue weighted by atomic mass is 19.1. The topological polar surface area (TPSA) is 46.5 Å². The van der Waals surface area contributed by atoms with Crippen LogP contribution in [-0.4, -0.2) is 17.7 Å². The monoisotopic (exact) mass is 250 g/mol. The van der Waals surface area contributed by atoms with Gasteiger partial charge in [-0.3, -0.25) is 4.79 Å². The van der Waals surface area contributed by atoms with E-state index in [1.807, 2.05) is 13.0 Å². The minimum atomic E-state index is -1.03. The Kier molecular flexibility index (Phi) is 5.11. The van der Waals surface area contributed by atoms with Gasteiger partial charge in [-0.05, 0) is 30.7 Å².